The van der Waals surface area contributed by atoms with E-state index in [2.05, 4.69) is 5.32 Å². The van der Waals surface area contributed by atoms with Crippen LogP contribution in [0.1, 0.15) is 18.1 Å². The Kier molecular flexibility index (Phi) is 5.75. The van der Waals surface area contributed by atoms with Crippen molar-refractivity contribution >= 4 is 38.9 Å². The molecular formula is C18H21ClN2O3S. The Morgan fingerprint density at radius 1 is 1.16 bits per heavy atom. The highest BCUT2D eigenvalue weighted by molar-refractivity contribution is 7.92. The Hall–Kier alpha value is -2.05. The van der Waals surface area contributed by atoms with E-state index in [1.807, 2.05) is 19.9 Å². The van der Waals surface area contributed by atoms with E-state index in [1.165, 1.54) is 0 Å². The second-order valence-corrected chi connectivity index (χ2v) is 8.32. The minimum atomic E-state index is -3.64. The van der Waals surface area contributed by atoms with Gasteiger partial charge < -0.3 is 5.32 Å². The van der Waals surface area contributed by atoms with Gasteiger partial charge in [0.1, 0.15) is 6.04 Å². The van der Waals surface area contributed by atoms with Crippen molar-refractivity contribution in [3.8, 4) is 0 Å². The Bertz CT molecular complexity index is 897. The summed E-state index contributed by atoms with van der Waals surface area (Å²) in [5, 5.41) is 3.34. The summed E-state index contributed by atoms with van der Waals surface area (Å²) in [5.41, 5.74) is 2.76. The van der Waals surface area contributed by atoms with E-state index >= 15 is 0 Å². The van der Waals surface area contributed by atoms with Gasteiger partial charge in [-0.25, -0.2) is 8.42 Å². The first kappa shape index (κ1) is 19.3. The molecular weight excluding hydrogens is 360 g/mol. The Morgan fingerprint density at radius 3 is 2.40 bits per heavy atom. The molecule has 0 fully saturated rings. The molecule has 0 radical (unpaired) electrons. The quantitative estimate of drug-likeness (QED) is 0.858. The Balaban J connectivity index is 2.33. The van der Waals surface area contributed by atoms with Crippen molar-refractivity contribution in [1.82, 2.24) is 0 Å². The molecule has 25 heavy (non-hydrogen) atoms. The van der Waals surface area contributed by atoms with Crippen molar-refractivity contribution < 1.29 is 13.2 Å². The number of carbonyl (C=O) groups is 1. The summed E-state index contributed by atoms with van der Waals surface area (Å²) in [6, 6.07) is 11.2. The first-order valence-electron chi connectivity index (χ1n) is 7.72. The normalized spacial score (nSPS) is 12.5. The van der Waals surface area contributed by atoms with Gasteiger partial charge in [0.15, 0.2) is 0 Å². The molecule has 0 aliphatic carbocycles. The third kappa shape index (κ3) is 4.74. The van der Waals surface area contributed by atoms with Gasteiger partial charge in [-0.1, -0.05) is 23.7 Å². The number of hydrogen-bond acceptors (Lipinski definition) is 3. The van der Waals surface area contributed by atoms with Crippen molar-refractivity contribution in [3.63, 3.8) is 0 Å². The van der Waals surface area contributed by atoms with E-state index in [9.17, 15) is 13.2 Å². The molecule has 1 unspecified atom stereocenters. The number of sulfonamides is 1. The summed E-state index contributed by atoms with van der Waals surface area (Å²) < 4.78 is 25.7. The van der Waals surface area contributed by atoms with Crippen LogP contribution in [0.3, 0.4) is 0 Å². The molecule has 0 aliphatic heterocycles. The van der Waals surface area contributed by atoms with Crippen molar-refractivity contribution in [2.45, 2.75) is 26.8 Å². The van der Waals surface area contributed by atoms with Crippen LogP contribution in [0.15, 0.2) is 42.5 Å². The number of anilines is 2. The standard InChI is InChI=1S/C18H21ClN2O3S/c1-12-6-5-7-16(10-12)21(25(4,23)24)14(3)18(22)20-17-9-8-15(19)11-13(17)2/h5-11,14H,1-4H3,(H,20,22). The average molecular weight is 381 g/mol. The molecule has 0 saturated heterocycles. The van der Waals surface area contributed by atoms with Crippen LogP contribution in [0.25, 0.3) is 0 Å². The number of benzene rings is 2. The maximum atomic E-state index is 12.6. The molecule has 2 aromatic rings. The predicted molar refractivity (Wildman–Crippen MR) is 103 cm³/mol. The van der Waals surface area contributed by atoms with Crippen molar-refractivity contribution in [2.75, 3.05) is 15.9 Å². The lowest BCUT2D eigenvalue weighted by Crippen LogP contribution is -2.45. The fourth-order valence-electron chi connectivity index (χ4n) is 2.58. The van der Waals surface area contributed by atoms with Gasteiger partial charge in [0.25, 0.3) is 0 Å². The minimum absolute atomic E-state index is 0.419. The number of amides is 1. The lowest BCUT2D eigenvalue weighted by Gasteiger charge is -2.28. The largest absolute Gasteiger partial charge is 0.324 e. The van der Waals surface area contributed by atoms with Crippen molar-refractivity contribution in [1.29, 1.82) is 0 Å². The zero-order valence-corrected chi connectivity index (χ0v) is 16.1. The highest BCUT2D eigenvalue weighted by Gasteiger charge is 2.29. The third-order valence-electron chi connectivity index (χ3n) is 3.79. The number of carbonyl (C=O) groups excluding carboxylic acids is 1. The zero-order valence-electron chi connectivity index (χ0n) is 14.6. The van der Waals surface area contributed by atoms with Crippen LogP contribution in [0.2, 0.25) is 5.02 Å². The van der Waals surface area contributed by atoms with E-state index < -0.39 is 22.0 Å². The monoisotopic (exact) mass is 380 g/mol. The summed E-state index contributed by atoms with van der Waals surface area (Å²) in [7, 11) is -3.64. The molecule has 5 nitrogen and oxygen atoms in total. The molecule has 0 spiro atoms. The number of halogens is 1. The molecule has 134 valence electrons. The topological polar surface area (TPSA) is 66.5 Å². The summed E-state index contributed by atoms with van der Waals surface area (Å²) in [6.45, 7) is 5.25. The van der Waals surface area contributed by atoms with Gasteiger partial charge >= 0.3 is 0 Å². The molecule has 0 saturated carbocycles. The fraction of sp³-hybridized carbons (Fsp3) is 0.278. The van der Waals surface area contributed by atoms with Crippen LogP contribution >= 0.6 is 11.6 Å². The summed E-state index contributed by atoms with van der Waals surface area (Å²) in [6.07, 6.45) is 1.09. The highest BCUT2D eigenvalue weighted by atomic mass is 35.5. The first-order chi connectivity index (χ1) is 11.6. The number of nitrogens with one attached hydrogen (secondary N) is 1. The summed E-state index contributed by atoms with van der Waals surface area (Å²) >= 11 is 5.92. The van der Waals surface area contributed by atoms with E-state index in [4.69, 9.17) is 11.6 Å². The first-order valence-corrected chi connectivity index (χ1v) is 9.95. The van der Waals surface area contributed by atoms with E-state index in [0.29, 0.717) is 16.4 Å². The highest BCUT2D eigenvalue weighted by Crippen LogP contribution is 2.24. The number of nitrogens with zero attached hydrogens (tertiary/aromatic N) is 1. The second-order valence-electron chi connectivity index (χ2n) is 6.02. The van der Waals surface area contributed by atoms with Gasteiger partial charge in [-0.15, -0.1) is 0 Å². The molecule has 2 rings (SSSR count). The number of aryl methyl sites for hydroxylation is 2. The average Bonchev–Trinajstić information content (AvgIpc) is 2.48. The minimum Gasteiger partial charge on any atom is -0.324 e. The molecule has 1 N–H and O–H groups in total. The molecule has 1 atom stereocenters. The van der Waals surface area contributed by atoms with Crippen LogP contribution in [0.5, 0.6) is 0 Å². The van der Waals surface area contributed by atoms with Crippen molar-refractivity contribution in [2.24, 2.45) is 0 Å². The van der Waals surface area contributed by atoms with E-state index in [1.54, 1.807) is 43.3 Å². The SMILES string of the molecule is Cc1cccc(N(C(C)C(=O)Nc2ccc(Cl)cc2C)S(C)(=O)=O)c1. The Labute approximate surface area is 153 Å². The van der Waals surface area contributed by atoms with Crippen LogP contribution in [-0.4, -0.2) is 26.6 Å². The van der Waals surface area contributed by atoms with Crippen molar-refractivity contribution in [3.05, 3.63) is 58.6 Å². The molecule has 0 aromatic heterocycles. The van der Waals surface area contributed by atoms with Gasteiger partial charge in [0.2, 0.25) is 15.9 Å². The Morgan fingerprint density at radius 2 is 1.84 bits per heavy atom. The molecule has 0 bridgehead atoms. The molecule has 1 amide bonds. The van der Waals surface area contributed by atoms with Gasteiger partial charge in [0, 0.05) is 10.7 Å². The molecule has 7 heteroatoms. The van der Waals surface area contributed by atoms with E-state index in [-0.39, 0.29) is 0 Å². The zero-order chi connectivity index (χ0) is 18.8. The third-order valence-corrected chi connectivity index (χ3v) is 5.27. The number of rotatable bonds is 5. The van der Waals surface area contributed by atoms with Crippen LogP contribution in [0.4, 0.5) is 11.4 Å². The maximum Gasteiger partial charge on any atom is 0.248 e. The second kappa shape index (κ2) is 7.45. The summed E-state index contributed by atoms with van der Waals surface area (Å²) in [5.74, 6) is -0.419. The van der Waals surface area contributed by atoms with E-state index in [0.717, 1.165) is 21.7 Å². The molecule has 2 aromatic carbocycles. The van der Waals surface area contributed by atoms with Crippen LogP contribution < -0.4 is 9.62 Å². The van der Waals surface area contributed by atoms with Gasteiger partial charge in [0.05, 0.1) is 11.9 Å². The fourth-order valence-corrected chi connectivity index (χ4v) is 3.97. The molecule has 0 heterocycles. The smallest absolute Gasteiger partial charge is 0.248 e. The summed E-state index contributed by atoms with van der Waals surface area (Å²) in [4.78, 5) is 12.6. The van der Waals surface area contributed by atoms with Crippen LogP contribution in [-0.2, 0) is 14.8 Å². The maximum absolute atomic E-state index is 12.6. The van der Waals surface area contributed by atoms with Gasteiger partial charge in [-0.05, 0) is 62.2 Å². The lowest BCUT2D eigenvalue weighted by molar-refractivity contribution is -0.116. The predicted octanol–water partition coefficient (Wildman–Crippen LogP) is 3.75. The molecule has 0 aliphatic rings. The van der Waals surface area contributed by atoms with Gasteiger partial charge in [-0.3, -0.25) is 9.10 Å². The number of hydrogen-bond donors (Lipinski definition) is 1. The lowest BCUT2D eigenvalue weighted by atomic mass is 10.1. The van der Waals surface area contributed by atoms with Crippen LogP contribution in [0, 0.1) is 13.8 Å². The van der Waals surface area contributed by atoms with Gasteiger partial charge in [-0.2, -0.15) is 0 Å².